The number of ether oxygens (including phenoxy) is 3. The van der Waals surface area contributed by atoms with E-state index in [1.54, 1.807) is 6.08 Å². The highest BCUT2D eigenvalue weighted by molar-refractivity contribution is 5.80. The zero-order valence-electron chi connectivity index (χ0n) is 47.4. The van der Waals surface area contributed by atoms with Gasteiger partial charge in [-0.3, -0.25) is 9.59 Å². The van der Waals surface area contributed by atoms with Crippen molar-refractivity contribution in [2.45, 2.75) is 282 Å². The van der Waals surface area contributed by atoms with Crippen LogP contribution in [-0.4, -0.2) is 99.6 Å². The second kappa shape index (κ2) is 51.3. The number of nitrogens with one attached hydrogen (secondary N) is 1. The number of hydrogen-bond acceptors (Lipinski definition) is 10. The fraction of sp³-hybridized carbons (Fsp3) is 0.719. The number of carbonyl (C=O) groups excluding carboxylic acids is 2. The number of amides is 1. The molecule has 1 aliphatic rings. The van der Waals surface area contributed by atoms with Gasteiger partial charge in [-0.1, -0.05) is 214 Å². The Morgan fingerprint density at radius 3 is 1.40 bits per heavy atom. The maximum atomic E-state index is 13.4. The minimum absolute atomic E-state index is 0.0784. The summed E-state index contributed by atoms with van der Waals surface area (Å²) in [5.74, 6) is -1.26. The minimum atomic E-state index is -1.64. The fourth-order valence-corrected chi connectivity index (χ4v) is 8.64. The molecule has 11 nitrogen and oxygen atoms in total. The van der Waals surface area contributed by atoms with Crippen LogP contribution >= 0.6 is 0 Å². The minimum Gasteiger partial charge on any atom is -0.454 e. The summed E-state index contributed by atoms with van der Waals surface area (Å²) in [6.07, 6.45) is 57.3. The van der Waals surface area contributed by atoms with Crippen molar-refractivity contribution in [3.8, 4) is 0 Å². The van der Waals surface area contributed by atoms with E-state index in [1.807, 2.05) is 6.08 Å². The molecule has 1 fully saturated rings. The van der Waals surface area contributed by atoms with Crippen molar-refractivity contribution in [2.75, 3.05) is 13.2 Å². The number of rotatable bonds is 49. The zero-order chi connectivity index (χ0) is 54.7. The summed E-state index contributed by atoms with van der Waals surface area (Å²) in [6.45, 7) is 5.67. The van der Waals surface area contributed by atoms with Crippen LogP contribution in [0.1, 0.15) is 233 Å². The van der Waals surface area contributed by atoms with Gasteiger partial charge in [0.15, 0.2) is 12.4 Å². The van der Waals surface area contributed by atoms with Gasteiger partial charge in [-0.25, -0.2) is 0 Å². The summed E-state index contributed by atoms with van der Waals surface area (Å²) in [6, 6.07) is -1.05. The molecule has 6 N–H and O–H groups in total. The van der Waals surface area contributed by atoms with E-state index in [1.165, 1.54) is 83.5 Å². The Kier molecular flexibility index (Phi) is 47.6. The molecule has 0 radical (unpaired) electrons. The van der Waals surface area contributed by atoms with Gasteiger partial charge in [0.2, 0.25) is 5.91 Å². The van der Waals surface area contributed by atoms with E-state index in [9.17, 15) is 35.1 Å². The lowest BCUT2D eigenvalue weighted by molar-refractivity contribution is -0.305. The standard InChI is InChI=1S/C64H109NO10/c1-4-7-10-13-16-19-22-24-26-28-29-30-32-34-37-40-43-46-49-52-59(69)75-62-61(71)60(70)58(53-66)74-64(62)73-54-55(56(67)50-47-44-41-38-35-21-18-15-12-9-6-3)65-63(72)57(68)51-48-45-42-39-36-33-31-27-25-23-20-17-14-11-8-5-2/h16-17,19-20,24-27,29-30,33-34,36-37,47,50,55-58,60-62,64,66-68,70-71H,4-15,18,21-23,28,31-32,35,38-46,48-49,51-54H2,1-3H3,(H,65,72)/b19-16-,20-17-,26-24-,27-25-,30-29-,36-33-,37-34-,50-47+. The monoisotopic (exact) mass is 1050 g/mol. The Balaban J connectivity index is 2.74. The molecule has 1 saturated heterocycles. The van der Waals surface area contributed by atoms with Gasteiger partial charge in [-0.05, 0) is 109 Å². The van der Waals surface area contributed by atoms with E-state index < -0.39 is 67.4 Å². The van der Waals surface area contributed by atoms with E-state index >= 15 is 0 Å². The molecule has 0 aromatic heterocycles. The van der Waals surface area contributed by atoms with E-state index in [4.69, 9.17) is 14.2 Å². The van der Waals surface area contributed by atoms with Gasteiger partial charge >= 0.3 is 5.97 Å². The van der Waals surface area contributed by atoms with Crippen molar-refractivity contribution < 1.29 is 49.3 Å². The van der Waals surface area contributed by atoms with Crippen LogP contribution in [0.3, 0.4) is 0 Å². The third kappa shape index (κ3) is 39.6. The van der Waals surface area contributed by atoms with Crippen LogP contribution in [0.4, 0.5) is 0 Å². The van der Waals surface area contributed by atoms with E-state index in [2.05, 4.69) is 111 Å². The lowest BCUT2D eigenvalue weighted by Gasteiger charge is -2.41. The number of carbonyl (C=O) groups is 2. The van der Waals surface area contributed by atoms with Crippen molar-refractivity contribution in [2.24, 2.45) is 0 Å². The van der Waals surface area contributed by atoms with Crippen molar-refractivity contribution in [1.29, 1.82) is 0 Å². The molecule has 0 spiro atoms. The number of aliphatic hydroxyl groups is 5. The Morgan fingerprint density at radius 2 is 0.920 bits per heavy atom. The first-order valence-corrected chi connectivity index (χ1v) is 30.0. The van der Waals surface area contributed by atoms with E-state index in [0.717, 1.165) is 103 Å². The Bertz CT molecular complexity index is 1580. The van der Waals surface area contributed by atoms with E-state index in [-0.39, 0.29) is 19.4 Å². The SMILES string of the molecule is CCCCC/C=C\C/C=C\C/C=C\C/C=C\CCCCCC(=O)OC1C(OCC(NC(=O)C(O)CCCCC/C=C\C/C=C\C/C=C\CCCCC)C(O)/C=C/CCCCCCCCCCC)OC(CO)C(O)C1O. The smallest absolute Gasteiger partial charge is 0.306 e. The highest BCUT2D eigenvalue weighted by Gasteiger charge is 2.47. The molecule has 1 rings (SSSR count). The molecule has 75 heavy (non-hydrogen) atoms. The molecule has 1 aliphatic heterocycles. The number of aliphatic hydroxyl groups excluding tert-OH is 5. The van der Waals surface area contributed by atoms with Gasteiger partial charge in [0.05, 0.1) is 25.4 Å². The van der Waals surface area contributed by atoms with Crippen molar-refractivity contribution in [1.82, 2.24) is 5.32 Å². The summed E-state index contributed by atoms with van der Waals surface area (Å²) in [5.41, 5.74) is 0. The first kappa shape index (κ1) is 69.6. The van der Waals surface area contributed by atoms with Gasteiger partial charge in [0, 0.05) is 6.42 Å². The maximum Gasteiger partial charge on any atom is 0.306 e. The molecular weight excluding hydrogens is 943 g/mol. The maximum absolute atomic E-state index is 13.4. The second-order valence-electron chi connectivity index (χ2n) is 20.4. The van der Waals surface area contributed by atoms with Crippen molar-refractivity contribution in [3.63, 3.8) is 0 Å². The quantitative estimate of drug-likeness (QED) is 0.0195. The molecule has 0 aromatic rings. The summed E-state index contributed by atoms with van der Waals surface area (Å²) in [4.78, 5) is 26.5. The molecule has 1 heterocycles. The highest BCUT2D eigenvalue weighted by Crippen LogP contribution is 2.26. The average molecular weight is 1050 g/mol. The van der Waals surface area contributed by atoms with Crippen LogP contribution in [0.15, 0.2) is 97.2 Å². The summed E-state index contributed by atoms with van der Waals surface area (Å²) in [5, 5.41) is 56.8. The van der Waals surface area contributed by atoms with Crippen LogP contribution in [0.5, 0.6) is 0 Å². The molecule has 0 bridgehead atoms. The van der Waals surface area contributed by atoms with E-state index in [0.29, 0.717) is 12.8 Å². The summed E-state index contributed by atoms with van der Waals surface area (Å²) < 4.78 is 17.5. The largest absolute Gasteiger partial charge is 0.454 e. The summed E-state index contributed by atoms with van der Waals surface area (Å²) in [7, 11) is 0. The molecule has 0 aliphatic carbocycles. The van der Waals surface area contributed by atoms with Crippen LogP contribution in [0.2, 0.25) is 0 Å². The number of hydrogen-bond donors (Lipinski definition) is 6. The third-order valence-electron chi connectivity index (χ3n) is 13.5. The summed E-state index contributed by atoms with van der Waals surface area (Å²) >= 11 is 0. The number of unbranched alkanes of at least 4 members (excludes halogenated alkanes) is 21. The van der Waals surface area contributed by atoms with Crippen molar-refractivity contribution in [3.05, 3.63) is 97.2 Å². The predicted molar refractivity (Wildman–Crippen MR) is 310 cm³/mol. The predicted octanol–water partition coefficient (Wildman–Crippen LogP) is 13.9. The van der Waals surface area contributed by atoms with Gasteiger partial charge in [-0.15, -0.1) is 0 Å². The fourth-order valence-electron chi connectivity index (χ4n) is 8.64. The van der Waals surface area contributed by atoms with Crippen LogP contribution in [0, 0.1) is 0 Å². The number of esters is 1. The van der Waals surface area contributed by atoms with Gasteiger partial charge in [-0.2, -0.15) is 0 Å². The van der Waals surface area contributed by atoms with Crippen molar-refractivity contribution >= 4 is 11.9 Å². The van der Waals surface area contributed by atoms with Gasteiger partial charge in [0.25, 0.3) is 0 Å². The molecule has 8 atom stereocenters. The molecule has 430 valence electrons. The molecule has 11 heteroatoms. The lowest BCUT2D eigenvalue weighted by atomic mass is 9.99. The van der Waals surface area contributed by atoms with Gasteiger partial charge in [0.1, 0.15) is 24.4 Å². The second-order valence-corrected chi connectivity index (χ2v) is 20.4. The Labute approximate surface area is 456 Å². The molecule has 1 amide bonds. The third-order valence-corrected chi connectivity index (χ3v) is 13.5. The average Bonchev–Trinajstić information content (AvgIpc) is 3.41. The highest BCUT2D eigenvalue weighted by atomic mass is 16.7. The molecule has 0 saturated carbocycles. The molecular formula is C64H109NO10. The van der Waals surface area contributed by atoms with Crippen LogP contribution in [0.25, 0.3) is 0 Å². The van der Waals surface area contributed by atoms with Crippen LogP contribution in [-0.2, 0) is 23.8 Å². The number of allylic oxidation sites excluding steroid dienone is 15. The Morgan fingerprint density at radius 1 is 0.520 bits per heavy atom. The van der Waals surface area contributed by atoms with Gasteiger partial charge < -0.3 is 45.1 Å². The lowest BCUT2D eigenvalue weighted by Crippen LogP contribution is -2.61. The first-order valence-electron chi connectivity index (χ1n) is 30.0. The molecule has 0 aromatic carbocycles. The topological polar surface area (TPSA) is 175 Å². The zero-order valence-corrected chi connectivity index (χ0v) is 47.4. The first-order chi connectivity index (χ1) is 36.7. The van der Waals surface area contributed by atoms with Crippen LogP contribution < -0.4 is 5.32 Å². The molecule has 8 unspecified atom stereocenters. The Hall–Kier alpha value is -3.42. The normalized spacial score (nSPS) is 19.9.